The summed E-state index contributed by atoms with van der Waals surface area (Å²) >= 11 is 0. The van der Waals surface area contributed by atoms with Gasteiger partial charge >= 0.3 is 0 Å². The van der Waals surface area contributed by atoms with E-state index in [1.807, 2.05) is 37.4 Å². The van der Waals surface area contributed by atoms with Gasteiger partial charge in [-0.2, -0.15) is 0 Å². The van der Waals surface area contributed by atoms with Crippen molar-refractivity contribution in [3.05, 3.63) is 65.5 Å². The molecule has 0 amide bonds. The van der Waals surface area contributed by atoms with E-state index in [0.717, 1.165) is 17.7 Å². The maximum absolute atomic E-state index is 9.43. The van der Waals surface area contributed by atoms with E-state index >= 15 is 0 Å². The lowest BCUT2D eigenvalue weighted by Crippen LogP contribution is -2.34. The number of pyridine rings is 1. The van der Waals surface area contributed by atoms with Gasteiger partial charge in [0.15, 0.2) is 0 Å². The molecule has 1 heterocycles. The summed E-state index contributed by atoms with van der Waals surface area (Å²) in [7, 11) is 0. The predicted molar refractivity (Wildman–Crippen MR) is 76.8 cm³/mol. The predicted octanol–water partition coefficient (Wildman–Crippen LogP) is 2.08. The summed E-state index contributed by atoms with van der Waals surface area (Å²) in [5.74, 6) is 0. The zero-order valence-electron chi connectivity index (χ0n) is 11.2. The number of hydrogen-bond donors (Lipinski definition) is 2. The molecule has 100 valence electrons. The van der Waals surface area contributed by atoms with Crippen LogP contribution >= 0.6 is 0 Å². The van der Waals surface area contributed by atoms with Gasteiger partial charge in [-0.05, 0) is 30.5 Å². The highest BCUT2D eigenvalue weighted by Gasteiger charge is 2.08. The number of aliphatic hydroxyl groups is 1. The van der Waals surface area contributed by atoms with Crippen molar-refractivity contribution in [2.24, 2.45) is 0 Å². The summed E-state index contributed by atoms with van der Waals surface area (Å²) in [6.07, 6.45) is 2.69. The van der Waals surface area contributed by atoms with Crippen molar-refractivity contribution in [2.75, 3.05) is 6.61 Å². The lowest BCUT2D eigenvalue weighted by atomic mass is 10.1. The normalized spacial score (nSPS) is 12.3. The summed E-state index contributed by atoms with van der Waals surface area (Å²) in [5, 5.41) is 12.8. The van der Waals surface area contributed by atoms with Gasteiger partial charge in [0.1, 0.15) is 0 Å². The number of rotatable bonds is 6. The molecule has 3 nitrogen and oxygen atoms in total. The zero-order chi connectivity index (χ0) is 13.5. The van der Waals surface area contributed by atoms with Crippen LogP contribution in [0.15, 0.2) is 48.7 Å². The molecule has 0 aliphatic heterocycles. The zero-order valence-corrected chi connectivity index (χ0v) is 11.2. The third kappa shape index (κ3) is 4.47. The molecular formula is C16H20N2O. The second-order valence-corrected chi connectivity index (χ2v) is 4.78. The van der Waals surface area contributed by atoms with Gasteiger partial charge in [0.05, 0.1) is 12.3 Å². The summed E-state index contributed by atoms with van der Waals surface area (Å²) in [6.45, 7) is 2.83. The van der Waals surface area contributed by atoms with Crippen molar-refractivity contribution in [3.63, 3.8) is 0 Å². The summed E-state index contributed by atoms with van der Waals surface area (Å²) in [5.41, 5.74) is 3.38. The Bertz CT molecular complexity index is 482. The highest BCUT2D eigenvalue weighted by Crippen LogP contribution is 2.04. The van der Waals surface area contributed by atoms with Gasteiger partial charge in [0.25, 0.3) is 0 Å². The minimum absolute atomic E-state index is 0.0607. The van der Waals surface area contributed by atoms with Crippen molar-refractivity contribution >= 4 is 0 Å². The maximum atomic E-state index is 9.43. The van der Waals surface area contributed by atoms with Gasteiger partial charge in [-0.25, -0.2) is 0 Å². The van der Waals surface area contributed by atoms with Crippen LogP contribution in [0.3, 0.4) is 0 Å². The fraction of sp³-hybridized carbons (Fsp3) is 0.312. The van der Waals surface area contributed by atoms with Crippen LogP contribution in [0.2, 0.25) is 0 Å². The topological polar surface area (TPSA) is 45.1 Å². The maximum Gasteiger partial charge on any atom is 0.0588 e. The number of aliphatic hydroxyl groups excluding tert-OH is 1. The van der Waals surface area contributed by atoms with Crippen molar-refractivity contribution in [1.29, 1.82) is 0 Å². The van der Waals surface area contributed by atoms with Gasteiger partial charge in [-0.1, -0.05) is 36.4 Å². The number of nitrogens with one attached hydrogen (secondary N) is 1. The number of benzene rings is 1. The highest BCUT2D eigenvalue weighted by molar-refractivity contribution is 5.16. The molecule has 0 aliphatic carbocycles. The van der Waals surface area contributed by atoms with Crippen LogP contribution in [0.5, 0.6) is 0 Å². The standard InChI is InChI=1S/C16H20N2O/c1-13-7-8-15(17-10-13)11-18-16(12-19)9-14-5-3-2-4-6-14/h2-8,10,16,18-19H,9,11-12H2,1H3/t16-/m1/s1. The van der Waals surface area contributed by atoms with E-state index < -0.39 is 0 Å². The van der Waals surface area contributed by atoms with E-state index in [0.29, 0.717) is 6.54 Å². The molecule has 19 heavy (non-hydrogen) atoms. The first-order chi connectivity index (χ1) is 9.28. The fourth-order valence-corrected chi connectivity index (χ4v) is 1.95. The molecule has 0 aliphatic rings. The quantitative estimate of drug-likeness (QED) is 0.832. The molecule has 0 saturated carbocycles. The molecule has 0 spiro atoms. The Morgan fingerprint density at radius 3 is 2.58 bits per heavy atom. The van der Waals surface area contributed by atoms with Crippen molar-refractivity contribution in [3.8, 4) is 0 Å². The molecule has 2 N–H and O–H groups in total. The first kappa shape index (κ1) is 13.7. The van der Waals surface area contributed by atoms with Crippen molar-refractivity contribution < 1.29 is 5.11 Å². The Kier molecular flexibility index (Phi) is 5.07. The second-order valence-electron chi connectivity index (χ2n) is 4.78. The van der Waals surface area contributed by atoms with Crippen LogP contribution in [0.4, 0.5) is 0 Å². The minimum atomic E-state index is 0.0607. The summed E-state index contributed by atoms with van der Waals surface area (Å²) in [4.78, 5) is 4.35. The third-order valence-corrected chi connectivity index (χ3v) is 3.09. The second kappa shape index (κ2) is 7.02. The first-order valence-corrected chi connectivity index (χ1v) is 6.57. The van der Waals surface area contributed by atoms with E-state index in [9.17, 15) is 5.11 Å². The molecule has 1 aromatic heterocycles. The van der Waals surface area contributed by atoms with Crippen LogP contribution < -0.4 is 5.32 Å². The van der Waals surface area contributed by atoms with Crippen LogP contribution in [0.25, 0.3) is 0 Å². The molecule has 2 aromatic rings. The van der Waals surface area contributed by atoms with E-state index in [-0.39, 0.29) is 12.6 Å². The van der Waals surface area contributed by atoms with Gasteiger partial charge in [-0.15, -0.1) is 0 Å². The largest absolute Gasteiger partial charge is 0.395 e. The first-order valence-electron chi connectivity index (χ1n) is 6.57. The monoisotopic (exact) mass is 256 g/mol. The lowest BCUT2D eigenvalue weighted by Gasteiger charge is -2.16. The Balaban J connectivity index is 1.87. The molecular weight excluding hydrogens is 236 g/mol. The fourth-order valence-electron chi connectivity index (χ4n) is 1.95. The van der Waals surface area contributed by atoms with Gasteiger partial charge in [-0.3, -0.25) is 4.98 Å². The van der Waals surface area contributed by atoms with Gasteiger partial charge < -0.3 is 10.4 Å². The van der Waals surface area contributed by atoms with Crippen LogP contribution in [0.1, 0.15) is 16.8 Å². The molecule has 0 saturated heterocycles. The van der Waals surface area contributed by atoms with E-state index in [1.165, 1.54) is 5.56 Å². The Labute approximate surface area is 114 Å². The van der Waals surface area contributed by atoms with E-state index in [2.05, 4.69) is 28.5 Å². The number of aromatic nitrogens is 1. The summed E-state index contributed by atoms with van der Waals surface area (Å²) in [6, 6.07) is 14.3. The number of aryl methyl sites for hydroxylation is 1. The Hall–Kier alpha value is -1.71. The molecule has 0 radical (unpaired) electrons. The molecule has 0 bridgehead atoms. The molecule has 0 unspecified atom stereocenters. The average molecular weight is 256 g/mol. The van der Waals surface area contributed by atoms with Crippen molar-refractivity contribution in [2.45, 2.75) is 25.9 Å². The Morgan fingerprint density at radius 1 is 1.16 bits per heavy atom. The van der Waals surface area contributed by atoms with Crippen molar-refractivity contribution in [1.82, 2.24) is 10.3 Å². The minimum Gasteiger partial charge on any atom is -0.395 e. The van der Waals surface area contributed by atoms with Crippen LogP contribution in [-0.4, -0.2) is 22.7 Å². The molecule has 0 fully saturated rings. The molecule has 1 atom stereocenters. The SMILES string of the molecule is Cc1ccc(CN[C@@H](CO)Cc2ccccc2)nc1. The third-order valence-electron chi connectivity index (χ3n) is 3.09. The Morgan fingerprint density at radius 2 is 1.95 bits per heavy atom. The van der Waals surface area contributed by atoms with Crippen LogP contribution in [-0.2, 0) is 13.0 Å². The van der Waals surface area contributed by atoms with Crippen LogP contribution in [0, 0.1) is 6.92 Å². The highest BCUT2D eigenvalue weighted by atomic mass is 16.3. The number of hydrogen-bond acceptors (Lipinski definition) is 3. The lowest BCUT2D eigenvalue weighted by molar-refractivity contribution is 0.240. The molecule has 3 heteroatoms. The van der Waals surface area contributed by atoms with Gasteiger partial charge in [0.2, 0.25) is 0 Å². The smallest absolute Gasteiger partial charge is 0.0588 e. The molecule has 2 rings (SSSR count). The average Bonchev–Trinajstić information content (AvgIpc) is 2.46. The van der Waals surface area contributed by atoms with E-state index in [4.69, 9.17) is 0 Å². The molecule has 1 aromatic carbocycles. The van der Waals surface area contributed by atoms with Gasteiger partial charge in [0, 0.05) is 18.8 Å². The number of nitrogens with zero attached hydrogens (tertiary/aromatic N) is 1. The summed E-state index contributed by atoms with van der Waals surface area (Å²) < 4.78 is 0. The van der Waals surface area contributed by atoms with E-state index in [1.54, 1.807) is 0 Å².